The molecule has 0 saturated carbocycles. The standard InChI is InChI=1S/C2H3ClO.BrH/c3-1-2-4;/h2H,1H2;1H. The van der Waals surface area contributed by atoms with Crippen LogP contribution in [0.1, 0.15) is 0 Å². The highest BCUT2D eigenvalue weighted by Crippen LogP contribution is 1.57. The minimum Gasteiger partial charge on any atom is -0.302 e. The van der Waals surface area contributed by atoms with Crippen molar-refractivity contribution >= 4 is 34.9 Å². The number of alkyl halides is 1. The van der Waals surface area contributed by atoms with Crippen LogP contribution >= 0.6 is 28.6 Å². The van der Waals surface area contributed by atoms with Gasteiger partial charge in [-0.2, -0.15) is 0 Å². The van der Waals surface area contributed by atoms with Gasteiger partial charge in [0.05, 0.1) is 5.88 Å². The van der Waals surface area contributed by atoms with E-state index in [0.717, 1.165) is 0 Å². The zero-order valence-electron chi connectivity index (χ0n) is 2.48. The summed E-state index contributed by atoms with van der Waals surface area (Å²) in [6.45, 7) is 0. The van der Waals surface area contributed by atoms with Gasteiger partial charge in [0.15, 0.2) is 0 Å². The van der Waals surface area contributed by atoms with Crippen molar-refractivity contribution in [3.8, 4) is 0 Å². The molecule has 0 radical (unpaired) electrons. The van der Waals surface area contributed by atoms with Crippen LogP contribution in [0.2, 0.25) is 0 Å². The van der Waals surface area contributed by atoms with Crippen LogP contribution in [0.15, 0.2) is 0 Å². The first-order chi connectivity index (χ1) is 1.91. The monoisotopic (exact) mass is 158 g/mol. The number of halogens is 2. The SMILES string of the molecule is Br.O=CCCl. The fourth-order valence-corrected chi connectivity index (χ4v) is 0. The quantitative estimate of drug-likeness (QED) is 0.412. The first-order valence-corrected chi connectivity index (χ1v) is 1.45. The van der Waals surface area contributed by atoms with Gasteiger partial charge in [-0.25, -0.2) is 0 Å². The van der Waals surface area contributed by atoms with Crippen molar-refractivity contribution in [2.45, 2.75) is 0 Å². The summed E-state index contributed by atoms with van der Waals surface area (Å²) in [5, 5.41) is 0. The van der Waals surface area contributed by atoms with E-state index in [4.69, 9.17) is 16.4 Å². The third-order valence-corrected chi connectivity index (χ3v) is 0.189. The van der Waals surface area contributed by atoms with Crippen LogP contribution in [0.4, 0.5) is 0 Å². The molecule has 3 heteroatoms. The minimum atomic E-state index is 0. The number of hydrogen-bond donors (Lipinski definition) is 0. The Balaban J connectivity index is 0. The van der Waals surface area contributed by atoms with E-state index >= 15 is 0 Å². The van der Waals surface area contributed by atoms with E-state index in [1.165, 1.54) is 0 Å². The van der Waals surface area contributed by atoms with Gasteiger partial charge in [0, 0.05) is 0 Å². The summed E-state index contributed by atoms with van der Waals surface area (Å²) in [6, 6.07) is 0. The third kappa shape index (κ3) is 12.7. The molecule has 0 aromatic heterocycles. The Morgan fingerprint density at radius 2 is 2.00 bits per heavy atom. The van der Waals surface area contributed by atoms with Crippen molar-refractivity contribution in [1.29, 1.82) is 0 Å². The molecular weight excluding hydrogens is 155 g/mol. The van der Waals surface area contributed by atoms with Gasteiger partial charge in [0.2, 0.25) is 0 Å². The summed E-state index contributed by atoms with van der Waals surface area (Å²) in [7, 11) is 0. The van der Waals surface area contributed by atoms with Gasteiger partial charge in [-0.3, -0.25) is 0 Å². The summed E-state index contributed by atoms with van der Waals surface area (Å²) < 4.78 is 0. The number of hydrogen-bond acceptors (Lipinski definition) is 1. The van der Waals surface area contributed by atoms with Crippen molar-refractivity contribution in [1.82, 2.24) is 0 Å². The second-order valence-electron chi connectivity index (χ2n) is 0.321. The fourth-order valence-electron chi connectivity index (χ4n) is 0. The maximum atomic E-state index is 9.04. The Morgan fingerprint density at radius 3 is 2.00 bits per heavy atom. The van der Waals surface area contributed by atoms with E-state index in [-0.39, 0.29) is 22.9 Å². The topological polar surface area (TPSA) is 17.1 Å². The van der Waals surface area contributed by atoms with Crippen LogP contribution in [0.25, 0.3) is 0 Å². The van der Waals surface area contributed by atoms with Crippen molar-refractivity contribution < 1.29 is 4.79 Å². The molecule has 0 saturated heterocycles. The number of rotatable bonds is 1. The molecule has 0 aliphatic rings. The predicted molar refractivity (Wildman–Crippen MR) is 27.1 cm³/mol. The summed E-state index contributed by atoms with van der Waals surface area (Å²) in [5.74, 6) is 0.111. The molecular formula is C2H4BrClO. The minimum absolute atomic E-state index is 0. The molecule has 0 aliphatic carbocycles. The van der Waals surface area contributed by atoms with E-state index in [1.807, 2.05) is 0 Å². The molecule has 0 unspecified atom stereocenters. The molecule has 0 heterocycles. The highest BCUT2D eigenvalue weighted by atomic mass is 79.9. The lowest BCUT2D eigenvalue weighted by molar-refractivity contribution is -0.105. The number of carbonyl (C=O) groups is 1. The van der Waals surface area contributed by atoms with Gasteiger partial charge in [-0.1, -0.05) is 0 Å². The van der Waals surface area contributed by atoms with Gasteiger partial charge in [-0.05, 0) is 0 Å². The summed E-state index contributed by atoms with van der Waals surface area (Å²) in [6.07, 6.45) is 0.640. The van der Waals surface area contributed by atoms with Crippen molar-refractivity contribution in [2.24, 2.45) is 0 Å². The van der Waals surface area contributed by atoms with E-state index in [1.54, 1.807) is 0 Å². The normalized spacial score (nSPS) is 5.00. The van der Waals surface area contributed by atoms with Crippen LogP contribution < -0.4 is 0 Å². The summed E-state index contributed by atoms with van der Waals surface area (Å²) in [4.78, 5) is 9.04. The Hall–Kier alpha value is 0.440. The molecule has 0 aliphatic heterocycles. The number of aldehydes is 1. The highest BCUT2D eigenvalue weighted by molar-refractivity contribution is 8.93. The Bertz CT molecular complexity index is 23.6. The molecule has 0 amide bonds. The first-order valence-electron chi connectivity index (χ1n) is 0.911. The Morgan fingerprint density at radius 1 is 1.80 bits per heavy atom. The average Bonchev–Trinajstić information content (AvgIpc) is 1.37. The number of carbonyl (C=O) groups excluding carboxylic acids is 1. The zero-order valence-corrected chi connectivity index (χ0v) is 4.95. The maximum Gasteiger partial charge on any atom is 0.134 e. The van der Waals surface area contributed by atoms with E-state index in [0.29, 0.717) is 6.29 Å². The van der Waals surface area contributed by atoms with Crippen LogP contribution in [-0.2, 0) is 4.79 Å². The maximum absolute atomic E-state index is 9.04. The largest absolute Gasteiger partial charge is 0.302 e. The van der Waals surface area contributed by atoms with Crippen LogP contribution in [-0.4, -0.2) is 12.2 Å². The van der Waals surface area contributed by atoms with Crippen LogP contribution in [0.5, 0.6) is 0 Å². The summed E-state index contributed by atoms with van der Waals surface area (Å²) >= 11 is 4.82. The lowest BCUT2D eigenvalue weighted by atomic mass is 10.9. The van der Waals surface area contributed by atoms with E-state index in [2.05, 4.69) is 0 Å². The molecule has 0 rings (SSSR count). The zero-order chi connectivity index (χ0) is 3.41. The Kier molecular flexibility index (Phi) is 16.0. The van der Waals surface area contributed by atoms with Gasteiger partial charge < -0.3 is 4.79 Å². The van der Waals surface area contributed by atoms with Gasteiger partial charge in [-0.15, -0.1) is 28.6 Å². The third-order valence-electron chi connectivity index (χ3n) is 0.0630. The van der Waals surface area contributed by atoms with Gasteiger partial charge in [0.25, 0.3) is 0 Å². The second-order valence-corrected chi connectivity index (χ2v) is 0.630. The predicted octanol–water partition coefficient (Wildman–Crippen LogP) is 1.00. The molecule has 0 bridgehead atoms. The highest BCUT2D eigenvalue weighted by Gasteiger charge is 1.55. The van der Waals surface area contributed by atoms with Crippen LogP contribution in [0, 0.1) is 0 Å². The van der Waals surface area contributed by atoms with Gasteiger partial charge >= 0.3 is 0 Å². The molecule has 0 fully saturated rings. The Labute approximate surface area is 46.1 Å². The molecule has 0 N–H and O–H groups in total. The van der Waals surface area contributed by atoms with Crippen molar-refractivity contribution in [3.63, 3.8) is 0 Å². The second kappa shape index (κ2) is 8.83. The molecule has 0 aromatic carbocycles. The smallest absolute Gasteiger partial charge is 0.134 e. The molecule has 5 heavy (non-hydrogen) atoms. The lowest BCUT2D eigenvalue weighted by Crippen LogP contribution is -1.63. The van der Waals surface area contributed by atoms with E-state index in [9.17, 15) is 0 Å². The first kappa shape index (κ1) is 9.06. The lowest BCUT2D eigenvalue weighted by Gasteiger charge is -1.49. The molecule has 0 spiro atoms. The molecule has 1 nitrogen and oxygen atoms in total. The average molecular weight is 159 g/mol. The molecule has 32 valence electrons. The summed E-state index contributed by atoms with van der Waals surface area (Å²) in [5.41, 5.74) is 0. The van der Waals surface area contributed by atoms with E-state index < -0.39 is 0 Å². The van der Waals surface area contributed by atoms with Gasteiger partial charge in [0.1, 0.15) is 6.29 Å². The molecule has 0 aromatic rings. The van der Waals surface area contributed by atoms with Crippen molar-refractivity contribution in [2.75, 3.05) is 5.88 Å². The van der Waals surface area contributed by atoms with Crippen molar-refractivity contribution in [3.05, 3.63) is 0 Å². The van der Waals surface area contributed by atoms with Crippen LogP contribution in [0.3, 0.4) is 0 Å². The fraction of sp³-hybridized carbons (Fsp3) is 0.500. The molecule has 0 atom stereocenters.